The van der Waals surface area contributed by atoms with Crippen LogP contribution in [0.15, 0.2) is 30.5 Å². The zero-order valence-electron chi connectivity index (χ0n) is 9.43. The Morgan fingerprint density at radius 3 is 2.88 bits per heavy atom. The first kappa shape index (κ1) is 10.8. The highest BCUT2D eigenvalue weighted by Crippen LogP contribution is 2.12. The van der Waals surface area contributed by atoms with Crippen molar-refractivity contribution >= 4 is 0 Å². The van der Waals surface area contributed by atoms with Crippen molar-refractivity contribution in [1.82, 2.24) is 15.0 Å². The Morgan fingerprint density at radius 2 is 2.12 bits per heavy atom. The molecule has 0 atom stereocenters. The monoisotopic (exact) mass is 216 g/mol. The van der Waals surface area contributed by atoms with E-state index in [1.54, 1.807) is 0 Å². The van der Waals surface area contributed by atoms with E-state index in [2.05, 4.69) is 23.3 Å². The van der Waals surface area contributed by atoms with Crippen molar-refractivity contribution < 1.29 is 0 Å². The van der Waals surface area contributed by atoms with Crippen molar-refractivity contribution in [3.8, 4) is 5.69 Å². The fourth-order valence-corrected chi connectivity index (χ4v) is 1.63. The Morgan fingerprint density at radius 1 is 1.31 bits per heavy atom. The van der Waals surface area contributed by atoms with Gasteiger partial charge in [-0.3, -0.25) is 0 Å². The van der Waals surface area contributed by atoms with Crippen molar-refractivity contribution in [2.45, 2.75) is 19.8 Å². The van der Waals surface area contributed by atoms with Gasteiger partial charge in [-0.2, -0.15) is 0 Å². The molecule has 4 heteroatoms. The van der Waals surface area contributed by atoms with Crippen LogP contribution in [0.1, 0.15) is 17.7 Å². The van der Waals surface area contributed by atoms with Crippen LogP contribution in [0.25, 0.3) is 5.69 Å². The summed E-state index contributed by atoms with van der Waals surface area (Å²) in [5, 5.41) is 8.25. The number of nitrogens with zero attached hydrogens (tertiary/aromatic N) is 3. The minimum absolute atomic E-state index is 0.692. The molecule has 0 radical (unpaired) electrons. The SMILES string of the molecule is Cc1ccccc1-n1cc(CCCN)nn1. The molecular formula is C12H16N4. The molecule has 2 aromatic rings. The van der Waals surface area contributed by atoms with Gasteiger partial charge in [0.25, 0.3) is 0 Å². The molecule has 1 heterocycles. The molecule has 16 heavy (non-hydrogen) atoms. The van der Waals surface area contributed by atoms with Gasteiger partial charge in [0.15, 0.2) is 0 Å². The predicted octanol–water partition coefficient (Wildman–Crippen LogP) is 1.47. The van der Waals surface area contributed by atoms with E-state index in [1.165, 1.54) is 5.56 Å². The Bertz CT molecular complexity index is 462. The topological polar surface area (TPSA) is 56.7 Å². The second-order valence-electron chi connectivity index (χ2n) is 3.83. The van der Waals surface area contributed by atoms with E-state index in [1.807, 2.05) is 29.1 Å². The molecule has 0 bridgehead atoms. The summed E-state index contributed by atoms with van der Waals surface area (Å²) in [6.45, 7) is 2.76. The van der Waals surface area contributed by atoms with Crippen LogP contribution < -0.4 is 5.73 Å². The van der Waals surface area contributed by atoms with E-state index < -0.39 is 0 Å². The molecule has 0 spiro atoms. The largest absolute Gasteiger partial charge is 0.330 e. The third kappa shape index (κ3) is 2.28. The van der Waals surface area contributed by atoms with Crippen LogP contribution in [0.4, 0.5) is 0 Å². The highest BCUT2D eigenvalue weighted by atomic mass is 15.4. The summed E-state index contributed by atoms with van der Waals surface area (Å²) in [5.74, 6) is 0. The number of nitrogens with two attached hydrogens (primary N) is 1. The van der Waals surface area contributed by atoms with Gasteiger partial charge >= 0.3 is 0 Å². The molecule has 0 saturated carbocycles. The molecule has 1 aromatic carbocycles. The summed E-state index contributed by atoms with van der Waals surface area (Å²) in [4.78, 5) is 0. The van der Waals surface area contributed by atoms with Gasteiger partial charge in [0.1, 0.15) is 0 Å². The third-order valence-electron chi connectivity index (χ3n) is 2.54. The molecular weight excluding hydrogens is 200 g/mol. The Labute approximate surface area is 95.1 Å². The molecule has 84 valence electrons. The normalized spacial score (nSPS) is 10.6. The van der Waals surface area contributed by atoms with Gasteiger partial charge in [-0.05, 0) is 37.9 Å². The number of hydrogen-bond donors (Lipinski definition) is 1. The second kappa shape index (κ2) is 4.90. The molecule has 0 fully saturated rings. The lowest BCUT2D eigenvalue weighted by molar-refractivity contribution is 0.777. The zero-order chi connectivity index (χ0) is 11.4. The Kier molecular flexibility index (Phi) is 3.31. The summed E-state index contributed by atoms with van der Waals surface area (Å²) in [7, 11) is 0. The molecule has 0 aliphatic rings. The fourth-order valence-electron chi connectivity index (χ4n) is 1.63. The minimum atomic E-state index is 0.692. The average Bonchev–Trinajstić information content (AvgIpc) is 2.75. The fraction of sp³-hybridized carbons (Fsp3) is 0.333. The smallest absolute Gasteiger partial charge is 0.0832 e. The predicted molar refractivity (Wildman–Crippen MR) is 63.5 cm³/mol. The van der Waals surface area contributed by atoms with E-state index in [9.17, 15) is 0 Å². The maximum absolute atomic E-state index is 5.46. The molecule has 2 N–H and O–H groups in total. The van der Waals surface area contributed by atoms with E-state index in [0.29, 0.717) is 6.54 Å². The quantitative estimate of drug-likeness (QED) is 0.842. The molecule has 2 rings (SSSR count). The van der Waals surface area contributed by atoms with Crippen LogP contribution in [0.3, 0.4) is 0 Å². The lowest BCUT2D eigenvalue weighted by Crippen LogP contribution is -2.00. The van der Waals surface area contributed by atoms with E-state index in [4.69, 9.17) is 5.73 Å². The Balaban J connectivity index is 2.22. The van der Waals surface area contributed by atoms with E-state index in [-0.39, 0.29) is 0 Å². The van der Waals surface area contributed by atoms with Crippen molar-refractivity contribution in [3.63, 3.8) is 0 Å². The van der Waals surface area contributed by atoms with Crippen LogP contribution >= 0.6 is 0 Å². The maximum atomic E-state index is 5.46. The van der Waals surface area contributed by atoms with Gasteiger partial charge in [0, 0.05) is 0 Å². The highest BCUT2D eigenvalue weighted by molar-refractivity contribution is 5.38. The van der Waals surface area contributed by atoms with Gasteiger partial charge in [0.05, 0.1) is 17.6 Å². The highest BCUT2D eigenvalue weighted by Gasteiger charge is 2.04. The third-order valence-corrected chi connectivity index (χ3v) is 2.54. The Hall–Kier alpha value is -1.68. The maximum Gasteiger partial charge on any atom is 0.0832 e. The van der Waals surface area contributed by atoms with Gasteiger partial charge in [0.2, 0.25) is 0 Å². The number of rotatable bonds is 4. The number of aryl methyl sites for hydroxylation is 2. The minimum Gasteiger partial charge on any atom is -0.330 e. The van der Waals surface area contributed by atoms with Gasteiger partial charge in [-0.1, -0.05) is 23.4 Å². The van der Waals surface area contributed by atoms with Crippen molar-refractivity contribution in [3.05, 3.63) is 41.7 Å². The first-order valence-electron chi connectivity index (χ1n) is 5.48. The lowest BCUT2D eigenvalue weighted by Gasteiger charge is -2.02. The van der Waals surface area contributed by atoms with E-state index >= 15 is 0 Å². The van der Waals surface area contributed by atoms with Gasteiger partial charge in [-0.25, -0.2) is 4.68 Å². The number of hydrogen-bond acceptors (Lipinski definition) is 3. The number of aromatic nitrogens is 3. The first-order chi connectivity index (χ1) is 7.81. The summed E-state index contributed by atoms with van der Waals surface area (Å²) in [5.41, 5.74) is 8.73. The zero-order valence-corrected chi connectivity index (χ0v) is 9.43. The van der Waals surface area contributed by atoms with Crippen LogP contribution in [-0.4, -0.2) is 21.5 Å². The van der Waals surface area contributed by atoms with Crippen LogP contribution in [0.2, 0.25) is 0 Å². The van der Waals surface area contributed by atoms with Gasteiger partial charge < -0.3 is 5.73 Å². The molecule has 0 amide bonds. The van der Waals surface area contributed by atoms with Crippen LogP contribution in [-0.2, 0) is 6.42 Å². The summed E-state index contributed by atoms with van der Waals surface area (Å²) < 4.78 is 1.82. The standard InChI is InChI=1S/C12H16N4/c1-10-5-2-3-7-12(10)16-9-11(14-15-16)6-4-8-13/h2-3,5,7,9H,4,6,8,13H2,1H3. The average molecular weight is 216 g/mol. The molecule has 0 aliphatic carbocycles. The van der Waals surface area contributed by atoms with E-state index in [0.717, 1.165) is 24.2 Å². The lowest BCUT2D eigenvalue weighted by atomic mass is 10.2. The van der Waals surface area contributed by atoms with Crippen molar-refractivity contribution in [2.24, 2.45) is 5.73 Å². The summed E-state index contributed by atoms with van der Waals surface area (Å²) in [6, 6.07) is 8.13. The molecule has 0 aliphatic heterocycles. The number of para-hydroxylation sites is 1. The van der Waals surface area contributed by atoms with Gasteiger partial charge in [-0.15, -0.1) is 5.10 Å². The number of benzene rings is 1. The van der Waals surface area contributed by atoms with Crippen molar-refractivity contribution in [1.29, 1.82) is 0 Å². The summed E-state index contributed by atoms with van der Waals surface area (Å²) >= 11 is 0. The summed E-state index contributed by atoms with van der Waals surface area (Å²) in [6.07, 6.45) is 3.81. The molecule has 1 aromatic heterocycles. The van der Waals surface area contributed by atoms with Crippen LogP contribution in [0, 0.1) is 6.92 Å². The van der Waals surface area contributed by atoms with Crippen LogP contribution in [0.5, 0.6) is 0 Å². The first-order valence-corrected chi connectivity index (χ1v) is 5.48. The molecule has 0 unspecified atom stereocenters. The molecule has 0 saturated heterocycles. The second-order valence-corrected chi connectivity index (χ2v) is 3.83. The molecule has 4 nitrogen and oxygen atoms in total. The van der Waals surface area contributed by atoms with Crippen molar-refractivity contribution in [2.75, 3.05) is 6.54 Å².